The Morgan fingerprint density at radius 3 is 2.48 bits per heavy atom. The van der Waals surface area contributed by atoms with Crippen molar-refractivity contribution in [3.05, 3.63) is 76.7 Å². The molecule has 0 aliphatic carbocycles. The lowest BCUT2D eigenvalue weighted by atomic mass is 10.1. The summed E-state index contributed by atoms with van der Waals surface area (Å²) in [5.74, 6) is 1.69. The average Bonchev–Trinajstić information content (AvgIpc) is 2.78. The number of unbranched alkanes of at least 4 members (excludes halogenated alkanes) is 1. The number of nitrogens with one attached hydrogen (secondary N) is 2. The Labute approximate surface area is 184 Å². The Balaban J connectivity index is 1.29. The van der Waals surface area contributed by atoms with Crippen LogP contribution in [0.2, 0.25) is 0 Å². The van der Waals surface area contributed by atoms with Crippen LogP contribution in [0.4, 0.5) is 0 Å². The van der Waals surface area contributed by atoms with Gasteiger partial charge in [-0.1, -0.05) is 36.4 Å². The number of guanidine groups is 1. The van der Waals surface area contributed by atoms with Gasteiger partial charge in [0.25, 0.3) is 5.56 Å². The molecule has 0 bridgehead atoms. The third-order valence-electron chi connectivity index (χ3n) is 5.20. The smallest absolute Gasteiger partial charge is 0.250 e. The van der Waals surface area contributed by atoms with E-state index in [0.717, 1.165) is 56.3 Å². The molecule has 0 saturated heterocycles. The number of rotatable bonds is 10. The van der Waals surface area contributed by atoms with E-state index in [1.54, 1.807) is 19.2 Å². The Morgan fingerprint density at radius 1 is 0.935 bits per heavy atom. The highest BCUT2D eigenvalue weighted by Gasteiger charge is 2.01. The van der Waals surface area contributed by atoms with E-state index in [1.807, 2.05) is 35.8 Å². The minimum Gasteiger partial charge on any atom is -0.494 e. The van der Waals surface area contributed by atoms with Crippen molar-refractivity contribution in [1.82, 2.24) is 15.2 Å². The lowest BCUT2D eigenvalue weighted by Crippen LogP contribution is -2.38. The highest BCUT2D eigenvalue weighted by atomic mass is 16.5. The van der Waals surface area contributed by atoms with Crippen LogP contribution in [0.3, 0.4) is 0 Å². The number of hydrogen-bond donors (Lipinski definition) is 2. The molecule has 0 fully saturated rings. The molecule has 0 radical (unpaired) electrons. The monoisotopic (exact) mass is 420 g/mol. The van der Waals surface area contributed by atoms with Crippen molar-refractivity contribution >= 4 is 16.7 Å². The van der Waals surface area contributed by atoms with Crippen LogP contribution in [0.5, 0.6) is 5.75 Å². The molecule has 0 aliphatic heterocycles. The number of hydrogen-bond acceptors (Lipinski definition) is 3. The van der Waals surface area contributed by atoms with Crippen molar-refractivity contribution in [1.29, 1.82) is 0 Å². The second kappa shape index (κ2) is 11.8. The Kier molecular flexibility index (Phi) is 8.52. The second-order valence-electron chi connectivity index (χ2n) is 7.50. The molecule has 3 aromatic rings. The average molecular weight is 421 g/mol. The van der Waals surface area contributed by atoms with Crippen LogP contribution in [-0.4, -0.2) is 37.3 Å². The van der Waals surface area contributed by atoms with Gasteiger partial charge in [-0.3, -0.25) is 9.79 Å². The standard InChI is InChI=1S/C25H32N4O2/c1-20-9-7-12-24(30)29(20)17-6-5-15-27-25(26-2)28-16-8-18-31-23-14-13-21-10-3-4-11-22(21)19-23/h3-4,7,9-14,19H,5-6,8,15-18H2,1-2H3,(H2,26,27,28). The number of benzene rings is 2. The molecule has 31 heavy (non-hydrogen) atoms. The predicted molar refractivity (Wildman–Crippen MR) is 128 cm³/mol. The van der Waals surface area contributed by atoms with Crippen LogP contribution in [0.15, 0.2) is 70.5 Å². The molecule has 0 saturated carbocycles. The van der Waals surface area contributed by atoms with E-state index < -0.39 is 0 Å². The van der Waals surface area contributed by atoms with Crippen LogP contribution >= 0.6 is 0 Å². The van der Waals surface area contributed by atoms with Gasteiger partial charge < -0.3 is 19.9 Å². The molecule has 6 heteroatoms. The molecule has 1 heterocycles. The first-order valence-corrected chi connectivity index (χ1v) is 10.9. The number of pyridine rings is 1. The molecule has 2 N–H and O–H groups in total. The van der Waals surface area contributed by atoms with Crippen LogP contribution in [0.1, 0.15) is 25.0 Å². The number of nitrogens with zero attached hydrogens (tertiary/aromatic N) is 2. The largest absolute Gasteiger partial charge is 0.494 e. The first-order chi connectivity index (χ1) is 15.2. The van der Waals surface area contributed by atoms with Crippen LogP contribution in [0, 0.1) is 6.92 Å². The fraction of sp³-hybridized carbons (Fsp3) is 0.360. The van der Waals surface area contributed by atoms with Gasteiger partial charge in [0.15, 0.2) is 5.96 Å². The maximum Gasteiger partial charge on any atom is 0.250 e. The quantitative estimate of drug-likeness (QED) is 0.298. The van der Waals surface area contributed by atoms with E-state index in [2.05, 4.69) is 39.9 Å². The normalized spacial score (nSPS) is 11.5. The highest BCUT2D eigenvalue weighted by molar-refractivity contribution is 5.83. The molecule has 0 atom stereocenters. The summed E-state index contributed by atoms with van der Waals surface area (Å²) in [6.07, 6.45) is 2.78. The number of aromatic nitrogens is 1. The van der Waals surface area contributed by atoms with Gasteiger partial charge >= 0.3 is 0 Å². The summed E-state index contributed by atoms with van der Waals surface area (Å²) in [5.41, 5.74) is 1.07. The minimum atomic E-state index is 0.0661. The van der Waals surface area contributed by atoms with Crippen molar-refractivity contribution in [2.75, 3.05) is 26.7 Å². The molecular weight excluding hydrogens is 388 g/mol. The number of fused-ring (bicyclic) bond motifs is 1. The predicted octanol–water partition coefficient (Wildman–Crippen LogP) is 3.72. The molecular formula is C25H32N4O2. The third kappa shape index (κ3) is 6.88. The van der Waals surface area contributed by atoms with Gasteiger partial charge in [0.05, 0.1) is 6.61 Å². The zero-order valence-electron chi connectivity index (χ0n) is 18.4. The van der Waals surface area contributed by atoms with Crippen molar-refractivity contribution in [2.24, 2.45) is 4.99 Å². The molecule has 1 aromatic heterocycles. The molecule has 0 amide bonds. The van der Waals surface area contributed by atoms with E-state index in [4.69, 9.17) is 4.74 Å². The minimum absolute atomic E-state index is 0.0661. The van der Waals surface area contributed by atoms with Crippen LogP contribution in [-0.2, 0) is 6.54 Å². The fourth-order valence-corrected chi connectivity index (χ4v) is 3.46. The Morgan fingerprint density at radius 2 is 1.71 bits per heavy atom. The van der Waals surface area contributed by atoms with Crippen LogP contribution in [0.25, 0.3) is 10.8 Å². The van der Waals surface area contributed by atoms with Crippen LogP contribution < -0.4 is 20.9 Å². The third-order valence-corrected chi connectivity index (χ3v) is 5.20. The van der Waals surface area contributed by atoms with Gasteiger partial charge in [-0.15, -0.1) is 0 Å². The topological polar surface area (TPSA) is 67.7 Å². The summed E-state index contributed by atoms with van der Waals surface area (Å²) in [5, 5.41) is 9.05. The fourth-order valence-electron chi connectivity index (χ4n) is 3.46. The molecule has 164 valence electrons. The number of ether oxygens (including phenoxy) is 1. The van der Waals surface area contributed by atoms with E-state index in [-0.39, 0.29) is 5.56 Å². The van der Waals surface area contributed by atoms with Crippen molar-refractivity contribution in [3.8, 4) is 5.75 Å². The van der Waals surface area contributed by atoms with Crippen molar-refractivity contribution in [3.63, 3.8) is 0 Å². The summed E-state index contributed by atoms with van der Waals surface area (Å²) in [7, 11) is 1.77. The Bertz CT molecular complexity index is 1060. The van der Waals surface area contributed by atoms with E-state index >= 15 is 0 Å². The summed E-state index contributed by atoms with van der Waals surface area (Å²) in [6, 6.07) is 19.8. The van der Waals surface area contributed by atoms with E-state index in [9.17, 15) is 4.79 Å². The number of aliphatic imine (C=N–C) groups is 1. The van der Waals surface area contributed by atoms with E-state index in [0.29, 0.717) is 6.61 Å². The first kappa shape index (κ1) is 22.4. The SMILES string of the molecule is CN=C(NCCCCn1c(C)cccc1=O)NCCCOc1ccc2ccccc2c1. The highest BCUT2D eigenvalue weighted by Crippen LogP contribution is 2.20. The zero-order valence-corrected chi connectivity index (χ0v) is 18.4. The van der Waals surface area contributed by atoms with Gasteiger partial charge in [-0.2, -0.15) is 0 Å². The van der Waals surface area contributed by atoms with Crippen molar-refractivity contribution < 1.29 is 4.74 Å². The van der Waals surface area contributed by atoms with Gasteiger partial charge in [0, 0.05) is 38.4 Å². The number of aryl methyl sites for hydroxylation is 1. The maximum absolute atomic E-state index is 11.9. The summed E-state index contributed by atoms with van der Waals surface area (Å²) in [4.78, 5) is 16.1. The summed E-state index contributed by atoms with van der Waals surface area (Å²) >= 11 is 0. The molecule has 3 rings (SSSR count). The molecule has 0 spiro atoms. The molecule has 6 nitrogen and oxygen atoms in total. The van der Waals surface area contributed by atoms with Gasteiger partial charge in [0.1, 0.15) is 5.75 Å². The Hall–Kier alpha value is -3.28. The van der Waals surface area contributed by atoms with Gasteiger partial charge in [-0.05, 0) is 55.2 Å². The lowest BCUT2D eigenvalue weighted by molar-refractivity contribution is 0.311. The maximum atomic E-state index is 11.9. The lowest BCUT2D eigenvalue weighted by Gasteiger charge is -2.13. The van der Waals surface area contributed by atoms with Gasteiger partial charge in [-0.25, -0.2) is 0 Å². The first-order valence-electron chi connectivity index (χ1n) is 10.9. The summed E-state index contributed by atoms with van der Waals surface area (Å²) < 4.78 is 7.70. The molecule has 0 aliphatic rings. The molecule has 0 unspecified atom stereocenters. The summed E-state index contributed by atoms with van der Waals surface area (Å²) in [6.45, 7) is 4.95. The van der Waals surface area contributed by atoms with E-state index in [1.165, 1.54) is 10.8 Å². The van der Waals surface area contributed by atoms with Gasteiger partial charge in [0.2, 0.25) is 0 Å². The molecule has 2 aromatic carbocycles. The van der Waals surface area contributed by atoms with Crippen molar-refractivity contribution in [2.45, 2.75) is 32.7 Å². The zero-order chi connectivity index (χ0) is 21.9. The second-order valence-corrected chi connectivity index (χ2v) is 7.50.